The Labute approximate surface area is 133 Å². The Hall–Kier alpha value is -1.57. The number of thiazole rings is 1. The maximum Gasteiger partial charge on any atom is 0.132 e. The van der Waals surface area contributed by atoms with E-state index in [2.05, 4.69) is 15.0 Å². The molecule has 0 spiro atoms. The predicted molar refractivity (Wildman–Crippen MR) is 85.2 cm³/mol. The van der Waals surface area contributed by atoms with Gasteiger partial charge in [0.1, 0.15) is 16.6 Å². The van der Waals surface area contributed by atoms with Crippen LogP contribution < -0.4 is 4.90 Å². The Morgan fingerprint density at radius 3 is 3.05 bits per heavy atom. The third-order valence-corrected chi connectivity index (χ3v) is 4.46. The van der Waals surface area contributed by atoms with Gasteiger partial charge in [0.05, 0.1) is 25.5 Å². The van der Waals surface area contributed by atoms with Crippen LogP contribution in [0.25, 0.3) is 0 Å². The Morgan fingerprint density at radius 1 is 1.45 bits per heavy atom. The molecule has 3 rings (SSSR count). The van der Waals surface area contributed by atoms with Gasteiger partial charge in [-0.3, -0.25) is 0 Å². The van der Waals surface area contributed by atoms with Gasteiger partial charge < -0.3 is 14.7 Å². The predicted octanol–water partition coefficient (Wildman–Crippen LogP) is 1.74. The van der Waals surface area contributed by atoms with Crippen LogP contribution >= 0.6 is 11.3 Å². The topological polar surface area (TPSA) is 71.4 Å². The molecule has 0 aliphatic carbocycles. The Bertz CT molecular complexity index is 600. The lowest BCUT2D eigenvalue weighted by Gasteiger charge is -2.23. The van der Waals surface area contributed by atoms with Gasteiger partial charge in [-0.1, -0.05) is 0 Å². The average Bonchev–Trinajstić information content (AvgIpc) is 3.20. The largest absolute Gasteiger partial charge is 0.395 e. The van der Waals surface area contributed by atoms with Crippen LogP contribution in [0.15, 0.2) is 17.6 Å². The minimum Gasteiger partial charge on any atom is -0.395 e. The Balaban J connectivity index is 1.85. The number of hydrogen-bond donors (Lipinski definition) is 1. The minimum atomic E-state index is 0.0797. The molecule has 0 unspecified atom stereocenters. The molecule has 22 heavy (non-hydrogen) atoms. The van der Waals surface area contributed by atoms with Gasteiger partial charge in [-0.05, 0) is 13.3 Å². The smallest absolute Gasteiger partial charge is 0.132 e. The van der Waals surface area contributed by atoms with Gasteiger partial charge >= 0.3 is 0 Å². The monoisotopic (exact) mass is 320 g/mol. The summed E-state index contributed by atoms with van der Waals surface area (Å²) in [5, 5.41) is 12.3. The van der Waals surface area contributed by atoms with Crippen LogP contribution in [0.4, 0.5) is 5.82 Å². The van der Waals surface area contributed by atoms with Gasteiger partial charge in [-0.15, -0.1) is 11.3 Å². The van der Waals surface area contributed by atoms with Gasteiger partial charge in [0.25, 0.3) is 0 Å². The summed E-state index contributed by atoms with van der Waals surface area (Å²) in [6, 6.07) is 2.02. The van der Waals surface area contributed by atoms with E-state index in [0.717, 1.165) is 42.0 Å². The van der Waals surface area contributed by atoms with E-state index in [-0.39, 0.29) is 6.61 Å². The fraction of sp³-hybridized carbons (Fsp3) is 0.533. The number of hydrogen-bond acceptors (Lipinski definition) is 7. The van der Waals surface area contributed by atoms with E-state index in [1.54, 1.807) is 17.5 Å². The van der Waals surface area contributed by atoms with Crippen molar-refractivity contribution in [1.29, 1.82) is 0 Å². The van der Waals surface area contributed by atoms with Crippen LogP contribution in [0.5, 0.6) is 0 Å². The molecular formula is C15H20N4O2S. The quantitative estimate of drug-likeness (QED) is 0.874. The van der Waals surface area contributed by atoms with Crippen molar-refractivity contribution in [3.63, 3.8) is 0 Å². The molecule has 1 saturated heterocycles. The van der Waals surface area contributed by atoms with E-state index < -0.39 is 0 Å². The van der Waals surface area contributed by atoms with Crippen molar-refractivity contribution in [2.24, 2.45) is 0 Å². The van der Waals surface area contributed by atoms with Crippen LogP contribution in [-0.2, 0) is 11.3 Å². The summed E-state index contributed by atoms with van der Waals surface area (Å²) in [5.74, 6) is 1.94. The summed E-state index contributed by atoms with van der Waals surface area (Å²) >= 11 is 1.61. The first kappa shape index (κ1) is 15.3. The Kier molecular flexibility index (Phi) is 4.97. The fourth-order valence-electron chi connectivity index (χ4n) is 2.60. The maximum absolute atomic E-state index is 9.35. The first-order chi connectivity index (χ1) is 10.8. The molecule has 2 aromatic rings. The third kappa shape index (κ3) is 3.60. The SMILES string of the molecule is Cc1nc([C@H]2CCOC2)cc(N(CCO)Cc2nccs2)n1. The molecule has 118 valence electrons. The number of aliphatic hydroxyl groups excluding tert-OH is 1. The number of aliphatic hydroxyl groups is 1. The normalized spacial score (nSPS) is 17.8. The first-order valence-electron chi connectivity index (χ1n) is 7.44. The van der Waals surface area contributed by atoms with Gasteiger partial charge in [-0.2, -0.15) is 0 Å². The molecular weight excluding hydrogens is 300 g/mol. The summed E-state index contributed by atoms with van der Waals surface area (Å²) in [4.78, 5) is 15.5. The van der Waals surface area contributed by atoms with E-state index in [1.807, 2.05) is 23.3 Å². The lowest BCUT2D eigenvalue weighted by molar-refractivity contribution is 0.193. The molecule has 0 bridgehead atoms. The molecule has 0 saturated carbocycles. The minimum absolute atomic E-state index is 0.0797. The van der Waals surface area contributed by atoms with Crippen LogP contribution in [-0.4, -0.2) is 46.4 Å². The number of nitrogens with zero attached hydrogens (tertiary/aromatic N) is 4. The molecule has 0 aromatic carbocycles. The molecule has 7 heteroatoms. The van der Waals surface area contributed by atoms with Crippen molar-refractivity contribution in [3.8, 4) is 0 Å². The van der Waals surface area contributed by atoms with E-state index >= 15 is 0 Å². The van der Waals surface area contributed by atoms with Crippen LogP contribution in [0.1, 0.15) is 28.9 Å². The van der Waals surface area contributed by atoms with Crippen LogP contribution in [0.3, 0.4) is 0 Å². The van der Waals surface area contributed by atoms with Crippen molar-refractivity contribution >= 4 is 17.2 Å². The maximum atomic E-state index is 9.35. The molecule has 6 nitrogen and oxygen atoms in total. The molecule has 1 fully saturated rings. The molecule has 0 radical (unpaired) electrons. The van der Waals surface area contributed by atoms with E-state index in [0.29, 0.717) is 19.0 Å². The van der Waals surface area contributed by atoms with Crippen LogP contribution in [0, 0.1) is 6.92 Å². The number of aryl methyl sites for hydroxylation is 1. The van der Waals surface area contributed by atoms with Crippen molar-refractivity contribution in [2.75, 3.05) is 31.3 Å². The average molecular weight is 320 g/mol. The molecule has 1 aliphatic rings. The van der Waals surface area contributed by atoms with Gasteiger partial charge in [-0.25, -0.2) is 15.0 Å². The molecule has 2 aromatic heterocycles. The highest BCUT2D eigenvalue weighted by atomic mass is 32.1. The van der Waals surface area contributed by atoms with Crippen LogP contribution in [0.2, 0.25) is 0 Å². The van der Waals surface area contributed by atoms with Crippen molar-refractivity contribution < 1.29 is 9.84 Å². The summed E-state index contributed by atoms with van der Waals surface area (Å²) in [7, 11) is 0. The number of aromatic nitrogens is 3. The first-order valence-corrected chi connectivity index (χ1v) is 8.31. The molecule has 1 atom stereocenters. The lowest BCUT2D eigenvalue weighted by Crippen LogP contribution is -2.27. The highest BCUT2D eigenvalue weighted by Crippen LogP contribution is 2.26. The second-order valence-electron chi connectivity index (χ2n) is 5.33. The molecule has 3 heterocycles. The number of ether oxygens (including phenoxy) is 1. The Morgan fingerprint density at radius 2 is 2.36 bits per heavy atom. The summed E-state index contributed by atoms with van der Waals surface area (Å²) in [6.07, 6.45) is 2.80. The number of rotatable bonds is 6. The summed E-state index contributed by atoms with van der Waals surface area (Å²) in [6.45, 7) is 4.68. The van der Waals surface area contributed by atoms with Gasteiger partial charge in [0.15, 0.2) is 0 Å². The summed E-state index contributed by atoms with van der Waals surface area (Å²) in [5.41, 5.74) is 1.03. The fourth-order valence-corrected chi connectivity index (χ4v) is 3.23. The summed E-state index contributed by atoms with van der Waals surface area (Å²) < 4.78 is 5.46. The standard InChI is InChI=1S/C15H20N4O2S/c1-11-17-13(12-2-6-21-10-12)8-14(18-11)19(4-5-20)9-15-16-3-7-22-15/h3,7-8,12,20H,2,4-6,9-10H2,1H3/t12-/m0/s1. The zero-order valence-corrected chi connectivity index (χ0v) is 13.4. The highest BCUT2D eigenvalue weighted by Gasteiger charge is 2.21. The van der Waals surface area contributed by atoms with Crippen molar-refractivity contribution in [2.45, 2.75) is 25.8 Å². The van der Waals surface area contributed by atoms with E-state index in [4.69, 9.17) is 4.74 Å². The molecule has 0 amide bonds. The lowest BCUT2D eigenvalue weighted by atomic mass is 10.0. The molecule has 1 N–H and O–H groups in total. The third-order valence-electron chi connectivity index (χ3n) is 3.70. The zero-order chi connectivity index (χ0) is 15.4. The highest BCUT2D eigenvalue weighted by molar-refractivity contribution is 7.09. The second-order valence-corrected chi connectivity index (χ2v) is 6.31. The van der Waals surface area contributed by atoms with Crippen molar-refractivity contribution in [1.82, 2.24) is 15.0 Å². The zero-order valence-electron chi connectivity index (χ0n) is 12.6. The van der Waals surface area contributed by atoms with E-state index in [9.17, 15) is 5.11 Å². The molecule has 1 aliphatic heterocycles. The van der Waals surface area contributed by atoms with Gasteiger partial charge in [0, 0.05) is 36.7 Å². The van der Waals surface area contributed by atoms with Crippen molar-refractivity contribution in [3.05, 3.63) is 34.2 Å². The van der Waals surface area contributed by atoms with E-state index in [1.165, 1.54) is 0 Å². The second kappa shape index (κ2) is 7.13. The number of anilines is 1. The van der Waals surface area contributed by atoms with Gasteiger partial charge in [0.2, 0.25) is 0 Å².